The molecule has 0 aromatic carbocycles. The highest BCUT2D eigenvalue weighted by molar-refractivity contribution is 5.77. The molecular weight excluding hydrogens is 194 g/mol. The van der Waals surface area contributed by atoms with Crippen LogP contribution >= 0.6 is 0 Å². The summed E-state index contributed by atoms with van der Waals surface area (Å²) in [5, 5.41) is 0. The number of ether oxygens (including phenoxy) is 2. The molecule has 0 amide bonds. The fourth-order valence-corrected chi connectivity index (χ4v) is 1.42. The number of halogens is 2. The molecule has 1 rings (SSSR count). The second-order valence-electron chi connectivity index (χ2n) is 3.26. The van der Waals surface area contributed by atoms with Crippen LogP contribution in [0.3, 0.4) is 0 Å². The molecule has 14 heavy (non-hydrogen) atoms. The van der Waals surface area contributed by atoms with Crippen LogP contribution < -0.4 is 0 Å². The minimum Gasteiger partial charge on any atom is -0.462 e. The van der Waals surface area contributed by atoms with E-state index in [-0.39, 0.29) is 13.2 Å². The summed E-state index contributed by atoms with van der Waals surface area (Å²) in [7, 11) is 0. The van der Waals surface area contributed by atoms with Crippen molar-refractivity contribution in [1.82, 2.24) is 0 Å². The fraction of sp³-hybridized carbons (Fsp3) is 0.889. The predicted octanol–water partition coefficient (Wildman–Crippen LogP) is 1.61. The summed E-state index contributed by atoms with van der Waals surface area (Å²) < 4.78 is 35.9. The monoisotopic (exact) mass is 208 g/mol. The van der Waals surface area contributed by atoms with Crippen molar-refractivity contribution in [2.75, 3.05) is 19.8 Å². The Hall–Kier alpha value is -0.710. The van der Waals surface area contributed by atoms with Gasteiger partial charge >= 0.3 is 11.9 Å². The molecule has 0 aromatic heterocycles. The third-order valence-electron chi connectivity index (χ3n) is 2.22. The molecule has 0 saturated carbocycles. The maximum absolute atomic E-state index is 13.3. The highest BCUT2D eigenvalue weighted by Crippen LogP contribution is 2.32. The van der Waals surface area contributed by atoms with Gasteiger partial charge in [0.25, 0.3) is 0 Å². The first-order valence-corrected chi connectivity index (χ1v) is 4.71. The van der Waals surface area contributed by atoms with E-state index in [1.165, 1.54) is 6.92 Å². The van der Waals surface area contributed by atoms with E-state index >= 15 is 0 Å². The lowest BCUT2D eigenvalue weighted by Crippen LogP contribution is -2.42. The maximum atomic E-state index is 13.3. The molecule has 0 aromatic rings. The summed E-state index contributed by atoms with van der Waals surface area (Å²) in [6, 6.07) is 0. The van der Waals surface area contributed by atoms with Gasteiger partial charge in [0.2, 0.25) is 0 Å². The molecule has 1 saturated heterocycles. The smallest absolute Gasteiger partial charge is 0.377 e. The average molecular weight is 208 g/mol. The molecule has 1 aliphatic heterocycles. The number of alkyl halides is 2. The van der Waals surface area contributed by atoms with Gasteiger partial charge in [0, 0.05) is 6.61 Å². The molecule has 0 spiro atoms. The van der Waals surface area contributed by atoms with Crippen LogP contribution in [0.4, 0.5) is 8.78 Å². The van der Waals surface area contributed by atoms with Crippen LogP contribution in [0, 0.1) is 5.92 Å². The molecule has 5 heteroatoms. The van der Waals surface area contributed by atoms with Crippen LogP contribution in [0.15, 0.2) is 0 Å². The molecule has 0 bridgehead atoms. The van der Waals surface area contributed by atoms with E-state index in [9.17, 15) is 13.6 Å². The highest BCUT2D eigenvalue weighted by Gasteiger charge is 2.49. The Bertz CT molecular complexity index is 200. The van der Waals surface area contributed by atoms with Gasteiger partial charge in [0.1, 0.15) is 0 Å². The first kappa shape index (κ1) is 11.4. The highest BCUT2D eigenvalue weighted by atomic mass is 19.3. The lowest BCUT2D eigenvalue weighted by atomic mass is 9.95. The molecule has 1 fully saturated rings. The van der Waals surface area contributed by atoms with Gasteiger partial charge in [-0.3, -0.25) is 0 Å². The van der Waals surface area contributed by atoms with Crippen molar-refractivity contribution in [1.29, 1.82) is 0 Å². The van der Waals surface area contributed by atoms with Crippen molar-refractivity contribution in [3.8, 4) is 0 Å². The summed E-state index contributed by atoms with van der Waals surface area (Å²) in [5.41, 5.74) is 0. The van der Waals surface area contributed by atoms with Gasteiger partial charge < -0.3 is 9.47 Å². The first-order valence-electron chi connectivity index (χ1n) is 4.71. The number of hydrogen-bond donors (Lipinski definition) is 0. The van der Waals surface area contributed by atoms with Crippen LogP contribution in [0.1, 0.15) is 19.8 Å². The van der Waals surface area contributed by atoms with Gasteiger partial charge in [-0.05, 0) is 19.8 Å². The summed E-state index contributed by atoms with van der Waals surface area (Å²) >= 11 is 0. The third kappa shape index (κ3) is 2.41. The molecule has 1 heterocycles. The summed E-state index contributed by atoms with van der Waals surface area (Å²) in [5.74, 6) is -5.87. The molecule has 1 atom stereocenters. The van der Waals surface area contributed by atoms with Crippen LogP contribution in [-0.4, -0.2) is 31.7 Å². The van der Waals surface area contributed by atoms with Crippen LogP contribution in [-0.2, 0) is 14.3 Å². The van der Waals surface area contributed by atoms with E-state index in [2.05, 4.69) is 4.74 Å². The summed E-state index contributed by atoms with van der Waals surface area (Å²) in [6.45, 7) is 1.91. The van der Waals surface area contributed by atoms with E-state index < -0.39 is 17.8 Å². The van der Waals surface area contributed by atoms with Crippen LogP contribution in [0.25, 0.3) is 0 Å². The van der Waals surface area contributed by atoms with Crippen molar-refractivity contribution >= 4 is 5.97 Å². The van der Waals surface area contributed by atoms with Gasteiger partial charge in [-0.15, -0.1) is 0 Å². The number of carbonyl (C=O) groups is 1. The van der Waals surface area contributed by atoms with Crippen LogP contribution in [0.2, 0.25) is 0 Å². The topological polar surface area (TPSA) is 35.5 Å². The Balaban J connectivity index is 2.57. The average Bonchev–Trinajstić information content (AvgIpc) is 2.19. The molecular formula is C9H14F2O3. The SMILES string of the molecule is CCOC(=O)C(F)(F)[C@H]1CCCOC1. The van der Waals surface area contributed by atoms with Crippen molar-refractivity contribution in [3.63, 3.8) is 0 Å². The zero-order valence-electron chi connectivity index (χ0n) is 8.09. The van der Waals surface area contributed by atoms with E-state index in [4.69, 9.17) is 4.74 Å². The predicted molar refractivity (Wildman–Crippen MR) is 45.1 cm³/mol. The fourth-order valence-electron chi connectivity index (χ4n) is 1.42. The Morgan fingerprint density at radius 1 is 1.64 bits per heavy atom. The lowest BCUT2D eigenvalue weighted by Gasteiger charge is -2.27. The molecule has 0 unspecified atom stereocenters. The first-order chi connectivity index (χ1) is 6.59. The number of carbonyl (C=O) groups excluding carboxylic acids is 1. The van der Waals surface area contributed by atoms with E-state index in [0.717, 1.165) is 0 Å². The van der Waals surface area contributed by atoms with E-state index in [0.29, 0.717) is 19.4 Å². The van der Waals surface area contributed by atoms with Crippen molar-refractivity contribution in [3.05, 3.63) is 0 Å². The molecule has 0 radical (unpaired) electrons. The van der Waals surface area contributed by atoms with E-state index in [1.54, 1.807) is 0 Å². The molecule has 0 N–H and O–H groups in total. The maximum Gasteiger partial charge on any atom is 0.377 e. The number of esters is 1. The third-order valence-corrected chi connectivity index (χ3v) is 2.22. The second kappa shape index (κ2) is 4.68. The lowest BCUT2D eigenvalue weighted by molar-refractivity contribution is -0.187. The molecule has 3 nitrogen and oxygen atoms in total. The normalized spacial score (nSPS) is 23.2. The minimum atomic E-state index is -3.41. The van der Waals surface area contributed by atoms with Crippen molar-refractivity contribution < 1.29 is 23.0 Å². The van der Waals surface area contributed by atoms with Crippen molar-refractivity contribution in [2.45, 2.75) is 25.7 Å². The Labute approximate surface area is 81.4 Å². The van der Waals surface area contributed by atoms with Gasteiger partial charge in [0.15, 0.2) is 0 Å². The molecule has 0 aliphatic carbocycles. The standard InChI is InChI=1S/C9H14F2O3/c1-2-14-8(12)9(10,11)7-4-3-5-13-6-7/h7H,2-6H2,1H3/t7-/m0/s1. The second-order valence-corrected chi connectivity index (χ2v) is 3.26. The number of rotatable bonds is 3. The Morgan fingerprint density at radius 2 is 2.36 bits per heavy atom. The largest absolute Gasteiger partial charge is 0.462 e. The van der Waals surface area contributed by atoms with Gasteiger partial charge in [0.05, 0.1) is 19.1 Å². The zero-order chi connectivity index (χ0) is 10.6. The number of hydrogen-bond acceptors (Lipinski definition) is 3. The zero-order valence-corrected chi connectivity index (χ0v) is 8.09. The van der Waals surface area contributed by atoms with Crippen molar-refractivity contribution in [2.24, 2.45) is 5.92 Å². The Morgan fingerprint density at radius 3 is 2.86 bits per heavy atom. The van der Waals surface area contributed by atoms with Gasteiger partial charge in [-0.1, -0.05) is 0 Å². The summed E-state index contributed by atoms with van der Waals surface area (Å²) in [6.07, 6.45) is 0.880. The van der Waals surface area contributed by atoms with Gasteiger partial charge in [-0.25, -0.2) is 4.79 Å². The quantitative estimate of drug-likeness (QED) is 0.661. The molecule has 1 aliphatic rings. The Kier molecular flexibility index (Phi) is 3.80. The van der Waals surface area contributed by atoms with Crippen LogP contribution in [0.5, 0.6) is 0 Å². The summed E-state index contributed by atoms with van der Waals surface area (Å²) in [4.78, 5) is 10.9. The molecule has 82 valence electrons. The van der Waals surface area contributed by atoms with Gasteiger partial charge in [-0.2, -0.15) is 8.78 Å². The van der Waals surface area contributed by atoms with E-state index in [1.807, 2.05) is 0 Å². The minimum absolute atomic E-state index is 0.0258.